The van der Waals surface area contributed by atoms with Gasteiger partial charge in [-0.25, -0.2) is 18.1 Å². The lowest BCUT2D eigenvalue weighted by atomic mass is 10.00. The summed E-state index contributed by atoms with van der Waals surface area (Å²) in [5.74, 6) is 0.612. The van der Waals surface area contributed by atoms with Gasteiger partial charge < -0.3 is 4.74 Å². The largest absolute Gasteiger partial charge is 0.492 e. The maximum Gasteiger partial charge on any atom is 0.238 e. The normalized spacial score (nSPS) is 11.7. The van der Waals surface area contributed by atoms with E-state index >= 15 is 0 Å². The van der Waals surface area contributed by atoms with Crippen molar-refractivity contribution in [3.8, 4) is 28.1 Å². The third kappa shape index (κ3) is 3.72. The van der Waals surface area contributed by atoms with E-state index < -0.39 is 10.0 Å². The van der Waals surface area contributed by atoms with E-state index in [0.717, 1.165) is 27.9 Å². The predicted octanol–water partition coefficient (Wildman–Crippen LogP) is 4.37. The second-order valence-corrected chi connectivity index (χ2v) is 8.37. The molecule has 0 fully saturated rings. The summed E-state index contributed by atoms with van der Waals surface area (Å²) >= 11 is 6.39. The second kappa shape index (κ2) is 7.51. The summed E-state index contributed by atoms with van der Waals surface area (Å²) in [6, 6.07) is 17.7. The molecule has 0 unspecified atom stereocenters. The van der Waals surface area contributed by atoms with Crippen LogP contribution >= 0.6 is 11.6 Å². The third-order valence-electron chi connectivity index (χ3n) is 4.52. The van der Waals surface area contributed by atoms with E-state index in [1.807, 2.05) is 49.5 Å². The fraction of sp³-hybridized carbons (Fsp3) is 0.0952. The minimum absolute atomic E-state index is 0.0587. The topological polar surface area (TPSA) is 86.7 Å². The first kappa shape index (κ1) is 19.4. The van der Waals surface area contributed by atoms with Crippen LogP contribution in [0.3, 0.4) is 0 Å². The quantitative estimate of drug-likeness (QED) is 0.512. The second-order valence-electron chi connectivity index (χ2n) is 6.40. The van der Waals surface area contributed by atoms with Crippen molar-refractivity contribution in [1.82, 2.24) is 9.61 Å². The standard InChI is InChI=1S/C21H18ClN3O3S/c1-2-28-19-11-8-15(13-17(19)22)21-20(18-5-3-4-12-25(18)24-21)14-6-9-16(10-7-14)29(23,26)27/h3-13H,2H2,1H3,(H2,23,26,27). The molecule has 29 heavy (non-hydrogen) atoms. The van der Waals surface area contributed by atoms with Gasteiger partial charge in [0.2, 0.25) is 10.0 Å². The summed E-state index contributed by atoms with van der Waals surface area (Å²) in [7, 11) is -3.76. The van der Waals surface area contributed by atoms with Crippen LogP contribution < -0.4 is 9.88 Å². The smallest absolute Gasteiger partial charge is 0.238 e. The van der Waals surface area contributed by atoms with Crippen LogP contribution in [0.2, 0.25) is 5.02 Å². The molecule has 0 saturated carbocycles. The van der Waals surface area contributed by atoms with E-state index in [1.54, 1.807) is 16.6 Å². The van der Waals surface area contributed by atoms with Gasteiger partial charge in [-0.2, -0.15) is 5.10 Å². The Balaban J connectivity index is 1.91. The van der Waals surface area contributed by atoms with Gasteiger partial charge in [-0.05, 0) is 55.0 Å². The van der Waals surface area contributed by atoms with Crippen LogP contribution in [0.5, 0.6) is 5.75 Å². The molecule has 2 heterocycles. The first-order valence-electron chi connectivity index (χ1n) is 8.92. The molecular weight excluding hydrogens is 410 g/mol. The number of rotatable bonds is 5. The van der Waals surface area contributed by atoms with Crippen LogP contribution in [0.15, 0.2) is 71.8 Å². The maximum absolute atomic E-state index is 11.6. The van der Waals surface area contributed by atoms with Crippen molar-refractivity contribution >= 4 is 27.1 Å². The van der Waals surface area contributed by atoms with Gasteiger partial charge in [0.15, 0.2) is 0 Å². The van der Waals surface area contributed by atoms with Crippen molar-refractivity contribution in [2.24, 2.45) is 5.14 Å². The predicted molar refractivity (Wildman–Crippen MR) is 114 cm³/mol. The van der Waals surface area contributed by atoms with Crippen LogP contribution in [0.4, 0.5) is 0 Å². The average molecular weight is 428 g/mol. The number of fused-ring (bicyclic) bond motifs is 1. The van der Waals surface area contributed by atoms with Crippen LogP contribution in [-0.4, -0.2) is 24.6 Å². The van der Waals surface area contributed by atoms with Gasteiger partial charge in [-0.1, -0.05) is 29.8 Å². The van der Waals surface area contributed by atoms with Crippen molar-refractivity contribution < 1.29 is 13.2 Å². The Kier molecular flexibility index (Phi) is 5.04. The summed E-state index contributed by atoms with van der Waals surface area (Å²) < 4.78 is 30.5. The fourth-order valence-electron chi connectivity index (χ4n) is 3.22. The maximum atomic E-state index is 11.6. The zero-order chi connectivity index (χ0) is 20.6. The molecule has 0 aliphatic carbocycles. The van der Waals surface area contributed by atoms with Crippen LogP contribution in [0.25, 0.3) is 27.9 Å². The number of benzene rings is 2. The third-order valence-corrected chi connectivity index (χ3v) is 5.74. The molecule has 2 aromatic carbocycles. The van der Waals surface area contributed by atoms with E-state index in [-0.39, 0.29) is 4.90 Å². The molecule has 0 saturated heterocycles. The van der Waals surface area contributed by atoms with E-state index in [1.165, 1.54) is 12.1 Å². The lowest BCUT2D eigenvalue weighted by Gasteiger charge is -2.08. The van der Waals surface area contributed by atoms with Gasteiger partial charge in [0.1, 0.15) is 11.4 Å². The lowest BCUT2D eigenvalue weighted by molar-refractivity contribution is 0.340. The Morgan fingerprint density at radius 3 is 2.45 bits per heavy atom. The highest BCUT2D eigenvalue weighted by atomic mass is 35.5. The van der Waals surface area contributed by atoms with Crippen LogP contribution in [0, 0.1) is 0 Å². The molecule has 0 aliphatic heterocycles. The molecule has 6 nitrogen and oxygen atoms in total. The Morgan fingerprint density at radius 1 is 1.07 bits per heavy atom. The number of pyridine rings is 1. The first-order valence-corrected chi connectivity index (χ1v) is 10.8. The lowest BCUT2D eigenvalue weighted by Crippen LogP contribution is -2.11. The van der Waals surface area contributed by atoms with E-state index in [2.05, 4.69) is 0 Å². The summed E-state index contributed by atoms with van der Waals surface area (Å²) in [5.41, 5.74) is 4.12. The molecule has 0 amide bonds. The number of primary sulfonamides is 1. The van der Waals surface area contributed by atoms with Gasteiger partial charge in [-0.3, -0.25) is 0 Å². The number of ether oxygens (including phenoxy) is 1. The van der Waals surface area contributed by atoms with Gasteiger partial charge in [-0.15, -0.1) is 0 Å². The first-order chi connectivity index (χ1) is 13.9. The molecule has 4 aromatic rings. The van der Waals surface area contributed by atoms with E-state index in [9.17, 15) is 8.42 Å². The zero-order valence-electron chi connectivity index (χ0n) is 15.5. The van der Waals surface area contributed by atoms with Crippen LogP contribution in [0.1, 0.15) is 6.92 Å². The molecular formula is C21H18ClN3O3S. The summed E-state index contributed by atoms with van der Waals surface area (Å²) in [4.78, 5) is 0.0587. The molecule has 0 spiro atoms. The molecule has 0 atom stereocenters. The van der Waals surface area contributed by atoms with Crippen molar-refractivity contribution in [3.05, 3.63) is 71.9 Å². The number of nitrogens with two attached hydrogens (primary N) is 1. The number of nitrogens with zero attached hydrogens (tertiary/aromatic N) is 2. The molecule has 4 rings (SSSR count). The molecule has 8 heteroatoms. The molecule has 0 bridgehead atoms. The van der Waals surface area contributed by atoms with Gasteiger partial charge in [0.05, 0.1) is 22.0 Å². The Bertz CT molecular complexity index is 1300. The van der Waals surface area contributed by atoms with Crippen molar-refractivity contribution in [2.45, 2.75) is 11.8 Å². The fourth-order valence-corrected chi connectivity index (χ4v) is 3.97. The Labute approximate surface area is 173 Å². The van der Waals surface area contributed by atoms with E-state index in [0.29, 0.717) is 17.4 Å². The number of sulfonamides is 1. The number of hydrogen-bond acceptors (Lipinski definition) is 4. The molecule has 148 valence electrons. The SMILES string of the molecule is CCOc1ccc(-c2nn3ccccc3c2-c2ccc(S(N)(=O)=O)cc2)cc1Cl. The Hall–Kier alpha value is -2.87. The number of halogens is 1. The molecule has 2 N–H and O–H groups in total. The molecule has 2 aromatic heterocycles. The average Bonchev–Trinajstić information content (AvgIpc) is 3.08. The van der Waals surface area contributed by atoms with Gasteiger partial charge in [0, 0.05) is 17.3 Å². The summed E-state index contributed by atoms with van der Waals surface area (Å²) in [6.45, 7) is 2.42. The van der Waals surface area contributed by atoms with Crippen molar-refractivity contribution in [2.75, 3.05) is 6.61 Å². The molecule has 0 radical (unpaired) electrons. The Morgan fingerprint density at radius 2 is 1.79 bits per heavy atom. The molecule has 0 aliphatic rings. The summed E-state index contributed by atoms with van der Waals surface area (Å²) in [6.07, 6.45) is 1.86. The van der Waals surface area contributed by atoms with Crippen molar-refractivity contribution in [3.63, 3.8) is 0 Å². The van der Waals surface area contributed by atoms with Crippen LogP contribution in [-0.2, 0) is 10.0 Å². The highest BCUT2D eigenvalue weighted by Gasteiger charge is 2.18. The van der Waals surface area contributed by atoms with Gasteiger partial charge in [0.25, 0.3) is 0 Å². The zero-order valence-corrected chi connectivity index (χ0v) is 17.1. The van der Waals surface area contributed by atoms with Gasteiger partial charge >= 0.3 is 0 Å². The monoisotopic (exact) mass is 427 g/mol. The minimum Gasteiger partial charge on any atom is -0.492 e. The van der Waals surface area contributed by atoms with Crippen molar-refractivity contribution in [1.29, 1.82) is 0 Å². The van der Waals surface area contributed by atoms with E-state index in [4.69, 9.17) is 26.6 Å². The number of hydrogen-bond donors (Lipinski definition) is 1. The minimum atomic E-state index is -3.76. The number of aromatic nitrogens is 2. The highest BCUT2D eigenvalue weighted by Crippen LogP contribution is 2.38. The highest BCUT2D eigenvalue weighted by molar-refractivity contribution is 7.89. The summed E-state index contributed by atoms with van der Waals surface area (Å²) in [5, 5.41) is 10.4.